The number of aromatic nitrogens is 1. The van der Waals surface area contributed by atoms with Gasteiger partial charge in [0, 0.05) is 18.0 Å². The lowest BCUT2D eigenvalue weighted by molar-refractivity contribution is -0.386. The molecule has 0 unspecified atom stereocenters. The molecule has 2 aromatic rings. The second-order valence-corrected chi connectivity index (χ2v) is 5.30. The second kappa shape index (κ2) is 6.44. The van der Waals surface area contributed by atoms with Crippen molar-refractivity contribution in [2.24, 2.45) is 0 Å². The highest BCUT2D eigenvalue weighted by Crippen LogP contribution is 2.28. The molecule has 106 valence electrons. The SMILES string of the molecule is CNCc1ccc(OCc2csc(C)n2)c([N+](=O)[O-])c1. The fraction of sp³-hybridized carbons (Fsp3) is 0.308. The summed E-state index contributed by atoms with van der Waals surface area (Å²) in [5, 5.41) is 16.9. The van der Waals surface area contributed by atoms with E-state index in [1.54, 1.807) is 13.1 Å². The highest BCUT2D eigenvalue weighted by molar-refractivity contribution is 7.09. The van der Waals surface area contributed by atoms with E-state index in [1.807, 2.05) is 18.4 Å². The van der Waals surface area contributed by atoms with E-state index in [9.17, 15) is 10.1 Å². The van der Waals surface area contributed by atoms with Crippen molar-refractivity contribution in [3.05, 3.63) is 50.0 Å². The van der Waals surface area contributed by atoms with Gasteiger partial charge in [0.2, 0.25) is 0 Å². The fourth-order valence-electron chi connectivity index (χ4n) is 1.77. The zero-order valence-electron chi connectivity index (χ0n) is 11.3. The van der Waals surface area contributed by atoms with Crippen LogP contribution in [0.3, 0.4) is 0 Å². The number of nitro groups is 1. The maximum absolute atomic E-state index is 11.1. The molecule has 1 heterocycles. The first-order valence-electron chi connectivity index (χ1n) is 6.06. The number of nitro benzene ring substituents is 1. The van der Waals surface area contributed by atoms with Crippen molar-refractivity contribution >= 4 is 17.0 Å². The van der Waals surface area contributed by atoms with Crippen molar-refractivity contribution in [2.45, 2.75) is 20.1 Å². The van der Waals surface area contributed by atoms with Crippen LogP contribution in [-0.4, -0.2) is 17.0 Å². The first-order valence-corrected chi connectivity index (χ1v) is 6.94. The highest BCUT2D eigenvalue weighted by atomic mass is 32.1. The minimum Gasteiger partial charge on any atom is -0.480 e. The van der Waals surface area contributed by atoms with E-state index < -0.39 is 4.92 Å². The van der Waals surface area contributed by atoms with Crippen molar-refractivity contribution in [1.82, 2.24) is 10.3 Å². The molecule has 6 nitrogen and oxygen atoms in total. The van der Waals surface area contributed by atoms with E-state index in [4.69, 9.17) is 4.74 Å². The number of nitrogens with zero attached hydrogens (tertiary/aromatic N) is 2. The minimum absolute atomic E-state index is 0.0234. The van der Waals surface area contributed by atoms with Crippen LogP contribution in [0.2, 0.25) is 0 Å². The Morgan fingerprint density at radius 1 is 1.50 bits per heavy atom. The zero-order chi connectivity index (χ0) is 14.5. The third-order valence-corrected chi connectivity index (χ3v) is 3.47. The van der Waals surface area contributed by atoms with Gasteiger partial charge < -0.3 is 10.1 Å². The third kappa shape index (κ3) is 3.52. The summed E-state index contributed by atoms with van der Waals surface area (Å²) in [6.45, 7) is 2.71. The highest BCUT2D eigenvalue weighted by Gasteiger charge is 2.16. The number of hydrogen-bond acceptors (Lipinski definition) is 6. The van der Waals surface area contributed by atoms with Crippen LogP contribution in [0.1, 0.15) is 16.3 Å². The molecule has 1 N–H and O–H groups in total. The van der Waals surface area contributed by atoms with E-state index in [0.29, 0.717) is 6.54 Å². The summed E-state index contributed by atoms with van der Waals surface area (Å²) >= 11 is 1.53. The Hall–Kier alpha value is -1.99. The summed E-state index contributed by atoms with van der Waals surface area (Å²) in [6.07, 6.45) is 0. The Kier molecular flexibility index (Phi) is 4.65. The molecule has 0 bridgehead atoms. The third-order valence-electron chi connectivity index (χ3n) is 2.64. The van der Waals surface area contributed by atoms with Crippen LogP contribution >= 0.6 is 11.3 Å². The number of ether oxygens (including phenoxy) is 1. The molecule has 0 aliphatic carbocycles. The van der Waals surface area contributed by atoms with E-state index in [2.05, 4.69) is 10.3 Å². The number of rotatable bonds is 6. The van der Waals surface area contributed by atoms with Gasteiger partial charge in [-0.3, -0.25) is 10.1 Å². The normalized spacial score (nSPS) is 10.5. The monoisotopic (exact) mass is 293 g/mol. The molecule has 1 aromatic carbocycles. The van der Waals surface area contributed by atoms with Crippen LogP contribution in [0.15, 0.2) is 23.6 Å². The maximum Gasteiger partial charge on any atom is 0.311 e. The Labute approximate surface area is 120 Å². The van der Waals surface area contributed by atoms with Gasteiger partial charge in [0.05, 0.1) is 15.6 Å². The van der Waals surface area contributed by atoms with Crippen LogP contribution in [0.5, 0.6) is 5.75 Å². The predicted molar refractivity (Wildman–Crippen MR) is 77.0 cm³/mol. The van der Waals surface area contributed by atoms with Crippen LogP contribution < -0.4 is 10.1 Å². The minimum atomic E-state index is -0.430. The summed E-state index contributed by atoms with van der Waals surface area (Å²) in [4.78, 5) is 14.9. The van der Waals surface area contributed by atoms with Gasteiger partial charge in [0.25, 0.3) is 0 Å². The number of thiazole rings is 1. The molecule has 0 atom stereocenters. The molecule has 0 amide bonds. The Balaban J connectivity index is 2.15. The largest absolute Gasteiger partial charge is 0.480 e. The first kappa shape index (κ1) is 14.4. The lowest BCUT2D eigenvalue weighted by Crippen LogP contribution is -2.06. The number of hydrogen-bond donors (Lipinski definition) is 1. The van der Waals surface area contributed by atoms with E-state index in [-0.39, 0.29) is 18.0 Å². The lowest BCUT2D eigenvalue weighted by atomic mass is 10.2. The zero-order valence-corrected chi connectivity index (χ0v) is 12.1. The van der Waals surface area contributed by atoms with E-state index in [1.165, 1.54) is 17.4 Å². The molecule has 0 saturated carbocycles. The molecule has 0 radical (unpaired) electrons. The average molecular weight is 293 g/mol. The van der Waals surface area contributed by atoms with Gasteiger partial charge in [-0.15, -0.1) is 11.3 Å². The van der Waals surface area contributed by atoms with Gasteiger partial charge in [-0.05, 0) is 25.6 Å². The van der Waals surface area contributed by atoms with Gasteiger partial charge in [-0.2, -0.15) is 0 Å². The maximum atomic E-state index is 11.1. The van der Waals surface area contributed by atoms with Gasteiger partial charge >= 0.3 is 5.69 Å². The molecule has 0 saturated heterocycles. The molecule has 1 aromatic heterocycles. The number of benzene rings is 1. The number of aryl methyl sites for hydroxylation is 1. The van der Waals surface area contributed by atoms with Gasteiger partial charge in [0.1, 0.15) is 6.61 Å². The molecule has 0 fully saturated rings. The second-order valence-electron chi connectivity index (χ2n) is 4.24. The molecular formula is C13H15N3O3S. The average Bonchev–Trinajstić information content (AvgIpc) is 2.83. The van der Waals surface area contributed by atoms with Crippen molar-refractivity contribution in [2.75, 3.05) is 7.05 Å². The lowest BCUT2D eigenvalue weighted by Gasteiger charge is -2.07. The van der Waals surface area contributed by atoms with Gasteiger partial charge in [-0.1, -0.05) is 6.07 Å². The van der Waals surface area contributed by atoms with E-state index >= 15 is 0 Å². The van der Waals surface area contributed by atoms with Crippen LogP contribution in [-0.2, 0) is 13.2 Å². The van der Waals surface area contributed by atoms with Crippen LogP contribution in [0.25, 0.3) is 0 Å². The quantitative estimate of drug-likeness (QED) is 0.654. The van der Waals surface area contributed by atoms with Crippen LogP contribution in [0, 0.1) is 17.0 Å². The standard InChI is InChI=1S/C13H15N3O3S/c1-9-15-11(8-20-9)7-19-13-4-3-10(6-14-2)5-12(13)16(17)18/h3-5,8,14H,6-7H2,1-2H3. The van der Waals surface area contributed by atoms with Crippen molar-refractivity contribution < 1.29 is 9.66 Å². The number of nitrogens with one attached hydrogen (secondary N) is 1. The summed E-state index contributed by atoms with van der Waals surface area (Å²) in [7, 11) is 1.79. The predicted octanol–water partition coefficient (Wildman–Crippen LogP) is 2.66. The van der Waals surface area contributed by atoms with Crippen LogP contribution in [0.4, 0.5) is 5.69 Å². The molecule has 7 heteroatoms. The fourth-order valence-corrected chi connectivity index (χ4v) is 2.37. The molecule has 0 spiro atoms. The summed E-state index contributed by atoms with van der Waals surface area (Å²) in [5.41, 5.74) is 1.60. The van der Waals surface area contributed by atoms with E-state index in [0.717, 1.165) is 16.3 Å². The van der Waals surface area contributed by atoms with Gasteiger partial charge in [-0.25, -0.2) is 4.98 Å². The van der Waals surface area contributed by atoms with Crippen molar-refractivity contribution in [3.8, 4) is 5.75 Å². The summed E-state index contributed by atoms with van der Waals surface area (Å²) < 4.78 is 5.51. The Bertz CT molecular complexity index is 613. The Morgan fingerprint density at radius 3 is 2.90 bits per heavy atom. The summed E-state index contributed by atoms with van der Waals surface area (Å²) in [5.74, 6) is 0.264. The van der Waals surface area contributed by atoms with Crippen molar-refractivity contribution in [1.29, 1.82) is 0 Å². The molecule has 2 rings (SSSR count). The molecular weight excluding hydrogens is 278 g/mol. The summed E-state index contributed by atoms with van der Waals surface area (Å²) in [6, 6.07) is 4.97. The van der Waals surface area contributed by atoms with Crippen molar-refractivity contribution in [3.63, 3.8) is 0 Å². The topological polar surface area (TPSA) is 77.3 Å². The molecule has 20 heavy (non-hydrogen) atoms. The van der Waals surface area contributed by atoms with Gasteiger partial charge in [0.15, 0.2) is 5.75 Å². The Morgan fingerprint density at radius 2 is 2.30 bits per heavy atom. The smallest absolute Gasteiger partial charge is 0.311 e. The molecule has 0 aliphatic rings. The molecule has 0 aliphatic heterocycles. The first-order chi connectivity index (χ1) is 9.60.